The largest absolute Gasteiger partial charge is 0.506 e. The summed E-state index contributed by atoms with van der Waals surface area (Å²) in [6.45, 7) is 6.09. The Balaban J connectivity index is 1.58. The number of hydrogen-bond acceptors (Lipinski definition) is 5. The van der Waals surface area contributed by atoms with Crippen LogP contribution in [0.3, 0.4) is 0 Å². The first-order chi connectivity index (χ1) is 18.7. The number of aromatic hydroxyl groups is 1. The number of carbonyl (C=O) groups excluding carboxylic acids is 1. The minimum absolute atomic E-state index is 0.0444. The summed E-state index contributed by atoms with van der Waals surface area (Å²) in [4.78, 5) is 24.2. The lowest BCUT2D eigenvalue weighted by molar-refractivity contribution is -0.139. The number of carboxylic acids is 1. The van der Waals surface area contributed by atoms with Gasteiger partial charge in [0, 0.05) is 5.56 Å². The van der Waals surface area contributed by atoms with Crippen LogP contribution in [0.15, 0.2) is 54.6 Å². The Morgan fingerprint density at radius 1 is 1.00 bits per heavy atom. The van der Waals surface area contributed by atoms with E-state index in [2.05, 4.69) is 0 Å². The van der Waals surface area contributed by atoms with Crippen LogP contribution in [-0.4, -0.2) is 27.8 Å². The predicted octanol–water partition coefficient (Wildman–Crippen LogP) is 7.68. The first-order valence-electron chi connectivity index (χ1n) is 12.9. The zero-order valence-electron chi connectivity index (χ0n) is 22.6. The standard InChI is InChI=1S/C31H31F3O6/c1-17(28(36)37)20-9-13-23(24(15-20)19-5-6-19)18-7-11-22(12-8-18)39-16-21-10-14-25(31(32,33)34)27(35)26(21)29(38)40-30(2,3)4/h7-15,17,19,35H,5-6,16H2,1-4H3,(H,36,37). The molecule has 212 valence electrons. The summed E-state index contributed by atoms with van der Waals surface area (Å²) >= 11 is 0. The Hall–Kier alpha value is -4.01. The van der Waals surface area contributed by atoms with E-state index in [1.54, 1.807) is 39.8 Å². The lowest BCUT2D eigenvalue weighted by Crippen LogP contribution is -2.25. The van der Waals surface area contributed by atoms with E-state index in [4.69, 9.17) is 9.47 Å². The molecule has 6 nitrogen and oxygen atoms in total. The number of hydrogen-bond donors (Lipinski definition) is 2. The summed E-state index contributed by atoms with van der Waals surface area (Å²) in [5.74, 6) is -3.00. The molecule has 0 aromatic heterocycles. The fourth-order valence-corrected chi connectivity index (χ4v) is 4.42. The van der Waals surface area contributed by atoms with Crippen molar-refractivity contribution in [3.63, 3.8) is 0 Å². The molecule has 0 amide bonds. The first kappa shape index (κ1) is 29.0. The van der Waals surface area contributed by atoms with Gasteiger partial charge in [-0.15, -0.1) is 0 Å². The van der Waals surface area contributed by atoms with E-state index in [0.717, 1.165) is 41.2 Å². The Bertz CT molecular complexity index is 1420. The molecule has 3 aromatic carbocycles. The molecule has 1 unspecified atom stereocenters. The molecular weight excluding hydrogens is 525 g/mol. The molecular formula is C31H31F3O6. The van der Waals surface area contributed by atoms with Gasteiger partial charge in [-0.05, 0) is 86.9 Å². The third kappa shape index (κ3) is 6.58. The van der Waals surface area contributed by atoms with Crippen molar-refractivity contribution in [2.24, 2.45) is 0 Å². The topological polar surface area (TPSA) is 93.1 Å². The SMILES string of the molecule is CC(C(=O)O)c1ccc(-c2ccc(OCc3ccc(C(F)(F)F)c(O)c3C(=O)OC(C)(C)C)cc2)c(C2CC2)c1. The van der Waals surface area contributed by atoms with Gasteiger partial charge >= 0.3 is 18.1 Å². The Labute approximate surface area is 230 Å². The van der Waals surface area contributed by atoms with Gasteiger partial charge in [0.15, 0.2) is 0 Å². The van der Waals surface area contributed by atoms with Gasteiger partial charge in [0.1, 0.15) is 29.3 Å². The molecule has 4 rings (SSSR count). The van der Waals surface area contributed by atoms with Crippen molar-refractivity contribution in [3.8, 4) is 22.6 Å². The Morgan fingerprint density at radius 2 is 1.65 bits per heavy atom. The Morgan fingerprint density at radius 3 is 2.20 bits per heavy atom. The van der Waals surface area contributed by atoms with Crippen LogP contribution in [0.4, 0.5) is 13.2 Å². The summed E-state index contributed by atoms with van der Waals surface area (Å²) in [5.41, 5.74) is 0.876. The fourth-order valence-electron chi connectivity index (χ4n) is 4.42. The molecule has 1 aliphatic carbocycles. The molecule has 1 atom stereocenters. The van der Waals surface area contributed by atoms with E-state index < -0.39 is 46.5 Å². The minimum Gasteiger partial charge on any atom is -0.506 e. The molecule has 0 radical (unpaired) electrons. The monoisotopic (exact) mass is 556 g/mol. The zero-order chi connectivity index (χ0) is 29.4. The lowest BCUT2D eigenvalue weighted by atomic mass is 9.91. The number of carbonyl (C=O) groups is 2. The number of rotatable bonds is 8. The highest BCUT2D eigenvalue weighted by Crippen LogP contribution is 2.45. The molecule has 0 heterocycles. The highest BCUT2D eigenvalue weighted by molar-refractivity contribution is 5.95. The maximum Gasteiger partial charge on any atom is 0.419 e. The maximum atomic E-state index is 13.4. The summed E-state index contributed by atoms with van der Waals surface area (Å²) in [6, 6.07) is 14.6. The smallest absolute Gasteiger partial charge is 0.419 e. The molecule has 9 heteroatoms. The molecule has 1 aliphatic rings. The number of esters is 1. The minimum atomic E-state index is -4.86. The van der Waals surface area contributed by atoms with Crippen LogP contribution in [-0.2, 0) is 22.3 Å². The van der Waals surface area contributed by atoms with Crippen molar-refractivity contribution in [2.45, 2.75) is 70.8 Å². The molecule has 3 aromatic rings. The summed E-state index contributed by atoms with van der Waals surface area (Å²) in [5, 5.41) is 19.8. The molecule has 0 aliphatic heterocycles. The van der Waals surface area contributed by atoms with Crippen LogP contribution in [0, 0.1) is 0 Å². The number of phenols is 1. The highest BCUT2D eigenvalue weighted by Gasteiger charge is 2.37. The van der Waals surface area contributed by atoms with Gasteiger partial charge in [-0.25, -0.2) is 4.79 Å². The van der Waals surface area contributed by atoms with Gasteiger partial charge in [-0.2, -0.15) is 13.2 Å². The molecule has 0 bridgehead atoms. The second-order valence-electron chi connectivity index (χ2n) is 11.0. The highest BCUT2D eigenvalue weighted by atomic mass is 19.4. The van der Waals surface area contributed by atoms with Gasteiger partial charge in [-0.3, -0.25) is 4.79 Å². The van der Waals surface area contributed by atoms with Crippen molar-refractivity contribution >= 4 is 11.9 Å². The predicted molar refractivity (Wildman–Crippen MR) is 143 cm³/mol. The number of benzene rings is 3. The number of ether oxygens (including phenoxy) is 2. The van der Waals surface area contributed by atoms with Gasteiger partial charge in [0.2, 0.25) is 0 Å². The number of phenolic OH excluding ortho intramolecular Hbond substituents is 1. The molecule has 0 saturated heterocycles. The van der Waals surface area contributed by atoms with Crippen molar-refractivity contribution in [3.05, 3.63) is 82.4 Å². The van der Waals surface area contributed by atoms with Gasteiger partial charge in [-0.1, -0.05) is 36.4 Å². The average molecular weight is 557 g/mol. The van der Waals surface area contributed by atoms with E-state index in [-0.39, 0.29) is 12.2 Å². The average Bonchev–Trinajstić information content (AvgIpc) is 3.70. The third-order valence-corrected chi connectivity index (χ3v) is 6.70. The van der Waals surface area contributed by atoms with Crippen LogP contribution in [0.25, 0.3) is 11.1 Å². The quantitative estimate of drug-likeness (QED) is 0.277. The van der Waals surface area contributed by atoms with E-state index in [1.165, 1.54) is 0 Å². The van der Waals surface area contributed by atoms with Gasteiger partial charge < -0.3 is 19.7 Å². The van der Waals surface area contributed by atoms with Crippen molar-refractivity contribution in [1.82, 2.24) is 0 Å². The van der Waals surface area contributed by atoms with Crippen LogP contribution >= 0.6 is 0 Å². The summed E-state index contributed by atoms with van der Waals surface area (Å²) in [7, 11) is 0. The van der Waals surface area contributed by atoms with Crippen LogP contribution in [0.1, 0.15) is 85.0 Å². The van der Waals surface area contributed by atoms with E-state index in [1.807, 2.05) is 30.3 Å². The Kier molecular flexibility index (Phi) is 7.87. The molecule has 2 N–H and O–H groups in total. The third-order valence-electron chi connectivity index (χ3n) is 6.70. The second kappa shape index (κ2) is 10.9. The normalized spacial score (nSPS) is 14.5. The maximum absolute atomic E-state index is 13.4. The summed E-state index contributed by atoms with van der Waals surface area (Å²) < 4.78 is 51.2. The second-order valence-corrected chi connectivity index (χ2v) is 11.0. The van der Waals surface area contributed by atoms with E-state index >= 15 is 0 Å². The number of halogens is 3. The van der Waals surface area contributed by atoms with Crippen molar-refractivity contribution in [2.75, 3.05) is 0 Å². The number of carboxylic acid groups (broad SMARTS) is 1. The number of aliphatic carboxylic acids is 1. The first-order valence-corrected chi connectivity index (χ1v) is 12.9. The molecule has 1 fully saturated rings. The number of alkyl halides is 3. The van der Waals surface area contributed by atoms with Gasteiger partial charge in [0.25, 0.3) is 0 Å². The van der Waals surface area contributed by atoms with Crippen LogP contribution < -0.4 is 4.74 Å². The lowest BCUT2D eigenvalue weighted by Gasteiger charge is -2.22. The van der Waals surface area contributed by atoms with Crippen LogP contribution in [0.5, 0.6) is 11.5 Å². The molecule has 1 saturated carbocycles. The fraction of sp³-hybridized carbons (Fsp3) is 0.355. The zero-order valence-corrected chi connectivity index (χ0v) is 22.6. The van der Waals surface area contributed by atoms with E-state index in [0.29, 0.717) is 17.7 Å². The van der Waals surface area contributed by atoms with Gasteiger partial charge in [0.05, 0.1) is 11.5 Å². The van der Waals surface area contributed by atoms with E-state index in [9.17, 15) is 33.0 Å². The molecule has 0 spiro atoms. The van der Waals surface area contributed by atoms with Crippen molar-refractivity contribution < 1.29 is 42.4 Å². The van der Waals surface area contributed by atoms with Crippen molar-refractivity contribution in [1.29, 1.82) is 0 Å². The van der Waals surface area contributed by atoms with Crippen LogP contribution in [0.2, 0.25) is 0 Å². The molecule has 40 heavy (non-hydrogen) atoms. The summed E-state index contributed by atoms with van der Waals surface area (Å²) in [6.07, 6.45) is -2.78.